The van der Waals surface area contributed by atoms with E-state index in [4.69, 9.17) is 0 Å². The van der Waals surface area contributed by atoms with Crippen molar-refractivity contribution in [2.45, 2.75) is 13.1 Å². The summed E-state index contributed by atoms with van der Waals surface area (Å²) in [6.07, 6.45) is 2.34. The van der Waals surface area contributed by atoms with Crippen LogP contribution >= 0.6 is 0 Å². The highest BCUT2D eigenvalue weighted by atomic mass is 28.3. The number of rotatable bonds is 2. The van der Waals surface area contributed by atoms with Crippen molar-refractivity contribution in [1.82, 2.24) is 0 Å². The minimum atomic E-state index is -1.65. The highest BCUT2D eigenvalue weighted by Crippen LogP contribution is 2.22. The molecule has 0 aliphatic carbocycles. The number of benzene rings is 2. The van der Waals surface area contributed by atoms with Crippen LogP contribution in [0.5, 0.6) is 0 Å². The molecule has 3 heteroatoms. The van der Waals surface area contributed by atoms with Crippen molar-refractivity contribution in [3.8, 4) is 0 Å². The van der Waals surface area contributed by atoms with Crippen LogP contribution in [-0.4, -0.2) is 32.4 Å². The van der Waals surface area contributed by atoms with Gasteiger partial charge >= 0.3 is 8.24 Å². The van der Waals surface area contributed by atoms with Crippen molar-refractivity contribution in [1.29, 1.82) is 0 Å². The van der Waals surface area contributed by atoms with Crippen molar-refractivity contribution >= 4 is 25.3 Å². The van der Waals surface area contributed by atoms with Crippen LogP contribution in [0.4, 0.5) is 5.69 Å². The Morgan fingerprint density at radius 3 is 2.35 bits per heavy atom. The Labute approximate surface area is 122 Å². The molecule has 0 bridgehead atoms. The van der Waals surface area contributed by atoms with Gasteiger partial charge in [0.2, 0.25) is 0 Å². The molecule has 0 spiro atoms. The first-order chi connectivity index (χ1) is 9.59. The average molecular weight is 281 g/mol. The predicted molar refractivity (Wildman–Crippen MR) is 88.7 cm³/mol. The van der Waals surface area contributed by atoms with Crippen LogP contribution in [0.3, 0.4) is 0 Å². The van der Waals surface area contributed by atoms with Crippen molar-refractivity contribution in [2.75, 3.05) is 18.6 Å². The molecular weight excluding hydrogens is 260 g/mol. The van der Waals surface area contributed by atoms with E-state index in [0.29, 0.717) is 0 Å². The van der Waals surface area contributed by atoms with Gasteiger partial charge in [-0.2, -0.15) is 0 Å². The van der Waals surface area contributed by atoms with Gasteiger partial charge in [-0.15, -0.1) is 0 Å². The second-order valence-electron chi connectivity index (χ2n) is 5.92. The van der Waals surface area contributed by atoms with Crippen LogP contribution in [0.1, 0.15) is 5.56 Å². The molecule has 0 fully saturated rings. The molecule has 0 saturated carbocycles. The summed E-state index contributed by atoms with van der Waals surface area (Å²) in [4.78, 5) is 2.34. The van der Waals surface area contributed by atoms with E-state index in [9.17, 15) is 0 Å². The first-order valence-electron chi connectivity index (χ1n) is 7.06. The van der Waals surface area contributed by atoms with Gasteiger partial charge < -0.3 is 4.90 Å². The molecular formula is C17H21N2Si+. The highest BCUT2D eigenvalue weighted by Gasteiger charge is 2.40. The van der Waals surface area contributed by atoms with Gasteiger partial charge in [0.05, 0.1) is 11.3 Å². The lowest BCUT2D eigenvalue weighted by Crippen LogP contribution is -2.57. The van der Waals surface area contributed by atoms with E-state index in [0.717, 1.165) is 6.67 Å². The zero-order valence-corrected chi connectivity index (χ0v) is 13.4. The second kappa shape index (κ2) is 4.91. The Kier molecular flexibility index (Phi) is 3.22. The fourth-order valence-electron chi connectivity index (χ4n) is 2.81. The second-order valence-corrected chi connectivity index (χ2v) is 10.2. The Morgan fingerprint density at radius 1 is 0.950 bits per heavy atom. The summed E-state index contributed by atoms with van der Waals surface area (Å²) in [6, 6.07) is 19.5. The molecule has 2 nitrogen and oxygen atoms in total. The standard InChI is InChI=1S/C17H21N2Si/c1-18-14-19(13-15-9-7-8-12-17(15)18)20(2,3)16-10-5-4-6-11-16/h4-13H,14H2,1-3H3/q+1. The quantitative estimate of drug-likeness (QED) is 0.767. The third-order valence-electron chi connectivity index (χ3n) is 4.21. The maximum Gasteiger partial charge on any atom is 0.386 e. The van der Waals surface area contributed by atoms with E-state index >= 15 is 0 Å². The SMILES string of the molecule is CN1C[N+]([Si](C)(C)c2ccccc2)=Cc2ccccc21. The number of nitrogens with zero attached hydrogens (tertiary/aromatic N) is 2. The van der Waals surface area contributed by atoms with Crippen molar-refractivity contribution < 1.29 is 4.24 Å². The van der Waals surface area contributed by atoms with Crippen molar-refractivity contribution in [2.24, 2.45) is 0 Å². The van der Waals surface area contributed by atoms with Crippen LogP contribution in [0.15, 0.2) is 54.6 Å². The number of para-hydroxylation sites is 1. The van der Waals surface area contributed by atoms with Crippen molar-refractivity contribution in [3.05, 3.63) is 60.2 Å². The molecule has 102 valence electrons. The molecule has 0 aromatic heterocycles. The van der Waals surface area contributed by atoms with E-state index < -0.39 is 8.24 Å². The zero-order valence-electron chi connectivity index (χ0n) is 12.4. The van der Waals surface area contributed by atoms with Gasteiger partial charge in [-0.05, 0) is 25.2 Å². The fraction of sp³-hybridized carbons (Fsp3) is 0.235. The molecule has 2 aromatic carbocycles. The van der Waals surface area contributed by atoms with Gasteiger partial charge in [0.15, 0.2) is 12.9 Å². The first-order valence-corrected chi connectivity index (χ1v) is 10.0. The van der Waals surface area contributed by atoms with Crippen LogP contribution in [0.25, 0.3) is 0 Å². The Balaban J connectivity index is 2.06. The summed E-state index contributed by atoms with van der Waals surface area (Å²) >= 11 is 0. The Hall–Kier alpha value is -1.87. The van der Waals surface area contributed by atoms with E-state index in [1.165, 1.54) is 16.4 Å². The van der Waals surface area contributed by atoms with Crippen LogP contribution in [0.2, 0.25) is 13.1 Å². The lowest BCUT2D eigenvalue weighted by Gasteiger charge is -2.30. The smallest absolute Gasteiger partial charge is 0.321 e. The van der Waals surface area contributed by atoms with Gasteiger partial charge in [-0.1, -0.05) is 42.5 Å². The van der Waals surface area contributed by atoms with Crippen LogP contribution in [-0.2, 0) is 0 Å². The number of anilines is 1. The van der Waals surface area contributed by atoms with Gasteiger partial charge in [-0.3, -0.25) is 4.24 Å². The van der Waals surface area contributed by atoms with E-state index in [1.54, 1.807) is 0 Å². The molecule has 1 aliphatic heterocycles. The lowest BCUT2D eigenvalue weighted by molar-refractivity contribution is -0.391. The summed E-state index contributed by atoms with van der Waals surface area (Å²) in [5.74, 6) is 0. The fourth-order valence-corrected chi connectivity index (χ4v) is 5.18. The maximum atomic E-state index is 2.55. The summed E-state index contributed by atoms with van der Waals surface area (Å²) in [7, 11) is 0.522. The number of fused-ring (bicyclic) bond motifs is 1. The van der Waals surface area contributed by atoms with Gasteiger partial charge in [-0.25, -0.2) is 0 Å². The summed E-state index contributed by atoms with van der Waals surface area (Å²) < 4.78 is 2.55. The molecule has 0 amide bonds. The number of hydrogen-bond donors (Lipinski definition) is 0. The summed E-state index contributed by atoms with van der Waals surface area (Å²) in [5, 5.41) is 1.48. The zero-order chi connectivity index (χ0) is 14.2. The Morgan fingerprint density at radius 2 is 1.60 bits per heavy atom. The topological polar surface area (TPSA) is 6.25 Å². The van der Waals surface area contributed by atoms with Crippen LogP contribution in [0, 0.1) is 0 Å². The maximum absolute atomic E-state index is 2.55. The predicted octanol–water partition coefficient (Wildman–Crippen LogP) is 2.64. The number of hydrogen-bond acceptors (Lipinski definition) is 1. The third-order valence-corrected chi connectivity index (χ3v) is 7.66. The molecule has 20 heavy (non-hydrogen) atoms. The van der Waals surface area contributed by atoms with Gasteiger partial charge in [0, 0.05) is 12.2 Å². The monoisotopic (exact) mass is 281 g/mol. The van der Waals surface area contributed by atoms with E-state index in [1.807, 2.05) is 0 Å². The summed E-state index contributed by atoms with van der Waals surface area (Å²) in [6.45, 7) is 5.80. The molecule has 0 saturated heterocycles. The third kappa shape index (κ3) is 2.18. The molecule has 0 atom stereocenters. The molecule has 1 aliphatic rings. The minimum absolute atomic E-state index is 0.963. The van der Waals surface area contributed by atoms with Crippen LogP contribution < -0.4 is 10.1 Å². The minimum Gasteiger partial charge on any atom is -0.321 e. The highest BCUT2D eigenvalue weighted by molar-refractivity contribution is 6.83. The molecule has 3 rings (SSSR count). The average Bonchev–Trinajstić information content (AvgIpc) is 2.48. The first kappa shape index (κ1) is 13.1. The molecule has 1 heterocycles. The lowest BCUT2D eigenvalue weighted by atomic mass is 10.1. The molecule has 0 N–H and O–H groups in total. The van der Waals surface area contributed by atoms with Gasteiger partial charge in [0.1, 0.15) is 0 Å². The molecule has 0 unspecified atom stereocenters. The molecule has 0 radical (unpaired) electrons. The summed E-state index contributed by atoms with van der Waals surface area (Å²) in [5.41, 5.74) is 2.64. The Bertz CT molecular complexity index is 647. The van der Waals surface area contributed by atoms with Crippen molar-refractivity contribution in [3.63, 3.8) is 0 Å². The normalized spacial score (nSPS) is 14.8. The largest absolute Gasteiger partial charge is 0.386 e. The van der Waals surface area contributed by atoms with Gasteiger partial charge in [0.25, 0.3) is 0 Å². The van der Waals surface area contributed by atoms with E-state index in [2.05, 4.69) is 90.1 Å². The molecule has 2 aromatic rings. The van der Waals surface area contributed by atoms with E-state index in [-0.39, 0.29) is 0 Å².